The van der Waals surface area contributed by atoms with Crippen LogP contribution in [0.3, 0.4) is 0 Å². The van der Waals surface area contributed by atoms with E-state index in [1.807, 2.05) is 11.3 Å². The molecule has 3 heteroatoms. The molecule has 1 N–H and O–H groups in total. The number of hydrogen-bond acceptors (Lipinski definition) is 3. The van der Waals surface area contributed by atoms with Crippen molar-refractivity contribution >= 4 is 11.3 Å². The minimum absolute atomic E-state index is 0.443. The molecule has 1 heterocycles. The summed E-state index contributed by atoms with van der Waals surface area (Å²) in [4.78, 5) is 4.07. The third-order valence-electron chi connectivity index (χ3n) is 5.25. The van der Waals surface area contributed by atoms with Crippen molar-refractivity contribution in [1.29, 1.82) is 0 Å². The maximum Gasteiger partial charge on any atom is 0.0159 e. The van der Waals surface area contributed by atoms with Crippen molar-refractivity contribution in [2.75, 3.05) is 20.1 Å². The molecule has 0 radical (unpaired) electrons. The summed E-state index contributed by atoms with van der Waals surface area (Å²) in [5, 5.41) is 5.93. The van der Waals surface area contributed by atoms with Crippen LogP contribution in [0.25, 0.3) is 0 Å². The summed E-state index contributed by atoms with van der Waals surface area (Å²) in [7, 11) is 2.30. The van der Waals surface area contributed by atoms with Crippen LogP contribution in [0.1, 0.15) is 45.4 Å². The van der Waals surface area contributed by atoms with Crippen LogP contribution in [0.15, 0.2) is 17.5 Å². The summed E-state index contributed by atoms with van der Waals surface area (Å²) in [6.07, 6.45) is 3.89. The van der Waals surface area contributed by atoms with Crippen molar-refractivity contribution in [1.82, 2.24) is 10.2 Å². The Bertz CT molecular complexity index is 413. The highest BCUT2D eigenvalue weighted by Gasteiger charge is 2.41. The topological polar surface area (TPSA) is 15.3 Å². The first-order valence-corrected chi connectivity index (χ1v) is 9.28. The van der Waals surface area contributed by atoms with Crippen LogP contribution >= 0.6 is 11.3 Å². The average Bonchev–Trinajstić information content (AvgIpc) is 3.01. The molecule has 2 nitrogen and oxygen atoms in total. The van der Waals surface area contributed by atoms with Crippen molar-refractivity contribution in [3.8, 4) is 0 Å². The first-order chi connectivity index (χ1) is 9.94. The quantitative estimate of drug-likeness (QED) is 0.818. The number of thiophene rings is 1. The van der Waals surface area contributed by atoms with E-state index in [1.165, 1.54) is 30.7 Å². The molecular weight excluding hydrogens is 276 g/mol. The second kappa shape index (κ2) is 7.26. The molecular formula is C18H32N2S. The third-order valence-corrected chi connectivity index (χ3v) is 6.15. The number of hydrogen-bond donors (Lipinski definition) is 1. The maximum atomic E-state index is 3.75. The van der Waals surface area contributed by atoms with Gasteiger partial charge in [0.2, 0.25) is 0 Å². The van der Waals surface area contributed by atoms with Crippen LogP contribution in [0.2, 0.25) is 0 Å². The molecule has 0 bridgehead atoms. The van der Waals surface area contributed by atoms with Gasteiger partial charge in [-0.15, -0.1) is 11.3 Å². The first kappa shape index (κ1) is 17.0. The standard InChI is InChI=1S/C18H32N2S/c1-6-19-17-15(9-10-18(17,3)4)13-20(5)14(2)12-16-8-7-11-21-16/h7-8,11,14-15,17,19H,6,9-10,12-13H2,1-5H3. The zero-order chi connectivity index (χ0) is 15.5. The molecule has 0 spiro atoms. The fraction of sp³-hybridized carbons (Fsp3) is 0.778. The predicted octanol–water partition coefficient (Wildman–Crippen LogP) is 4.03. The largest absolute Gasteiger partial charge is 0.313 e. The molecule has 0 aliphatic heterocycles. The molecule has 2 rings (SSSR count). The molecule has 120 valence electrons. The second-order valence-electron chi connectivity index (χ2n) is 7.39. The Morgan fingerprint density at radius 2 is 2.24 bits per heavy atom. The Labute approximate surface area is 134 Å². The summed E-state index contributed by atoms with van der Waals surface area (Å²) >= 11 is 1.88. The van der Waals surface area contributed by atoms with Gasteiger partial charge in [-0.3, -0.25) is 0 Å². The summed E-state index contributed by atoms with van der Waals surface area (Å²) in [6.45, 7) is 11.7. The van der Waals surface area contributed by atoms with E-state index in [9.17, 15) is 0 Å². The number of nitrogens with zero attached hydrogens (tertiary/aromatic N) is 1. The number of rotatable bonds is 7. The maximum absolute atomic E-state index is 3.75. The van der Waals surface area contributed by atoms with Gasteiger partial charge in [-0.1, -0.05) is 26.8 Å². The molecule has 21 heavy (non-hydrogen) atoms. The van der Waals surface area contributed by atoms with Crippen molar-refractivity contribution < 1.29 is 0 Å². The van der Waals surface area contributed by atoms with E-state index >= 15 is 0 Å². The van der Waals surface area contributed by atoms with Crippen LogP contribution in [0, 0.1) is 11.3 Å². The lowest BCUT2D eigenvalue weighted by Gasteiger charge is -2.35. The van der Waals surface area contributed by atoms with Crippen LogP contribution in [-0.2, 0) is 6.42 Å². The van der Waals surface area contributed by atoms with Gasteiger partial charge in [0, 0.05) is 23.5 Å². The molecule has 0 aromatic carbocycles. The van der Waals surface area contributed by atoms with Crippen molar-refractivity contribution in [2.45, 2.75) is 59.0 Å². The SMILES string of the molecule is CCNC1C(CN(C)C(C)Cc2cccs2)CCC1(C)C. The summed E-state index contributed by atoms with van der Waals surface area (Å²) in [5.74, 6) is 0.788. The fourth-order valence-electron chi connectivity index (χ4n) is 3.80. The summed E-state index contributed by atoms with van der Waals surface area (Å²) in [6, 6.07) is 5.70. The van der Waals surface area contributed by atoms with Crippen molar-refractivity contribution in [3.63, 3.8) is 0 Å². The normalized spacial score (nSPS) is 26.4. The van der Waals surface area contributed by atoms with E-state index in [0.29, 0.717) is 17.5 Å². The van der Waals surface area contributed by atoms with Crippen molar-refractivity contribution in [3.05, 3.63) is 22.4 Å². The Hall–Kier alpha value is -0.380. The molecule has 0 saturated heterocycles. The Kier molecular flexibility index (Phi) is 5.87. The van der Waals surface area contributed by atoms with Crippen LogP contribution in [0.4, 0.5) is 0 Å². The lowest BCUT2D eigenvalue weighted by Crippen LogP contribution is -2.46. The molecule has 1 saturated carbocycles. The predicted molar refractivity (Wildman–Crippen MR) is 94.1 cm³/mol. The Morgan fingerprint density at radius 3 is 2.86 bits per heavy atom. The van der Waals surface area contributed by atoms with Gasteiger partial charge in [0.25, 0.3) is 0 Å². The minimum atomic E-state index is 0.443. The minimum Gasteiger partial charge on any atom is -0.313 e. The lowest BCUT2D eigenvalue weighted by molar-refractivity contribution is 0.177. The first-order valence-electron chi connectivity index (χ1n) is 8.40. The zero-order valence-corrected chi connectivity index (χ0v) is 15.2. The van der Waals surface area contributed by atoms with E-state index in [1.54, 1.807) is 0 Å². The molecule has 1 aromatic rings. The number of nitrogens with one attached hydrogen (secondary N) is 1. The smallest absolute Gasteiger partial charge is 0.0159 e. The molecule has 0 amide bonds. The second-order valence-corrected chi connectivity index (χ2v) is 8.43. The van der Waals surface area contributed by atoms with Crippen LogP contribution < -0.4 is 5.32 Å². The summed E-state index contributed by atoms with van der Waals surface area (Å²) in [5.41, 5.74) is 0.443. The Balaban J connectivity index is 1.90. The van der Waals surface area contributed by atoms with Crippen LogP contribution in [-0.4, -0.2) is 37.1 Å². The van der Waals surface area contributed by atoms with E-state index in [-0.39, 0.29) is 0 Å². The van der Waals surface area contributed by atoms with E-state index in [0.717, 1.165) is 12.5 Å². The average molecular weight is 309 g/mol. The van der Waals surface area contributed by atoms with Gasteiger partial charge in [-0.2, -0.15) is 0 Å². The molecule has 3 unspecified atom stereocenters. The molecule has 1 aromatic heterocycles. The summed E-state index contributed by atoms with van der Waals surface area (Å²) < 4.78 is 0. The van der Waals surface area contributed by atoms with Gasteiger partial charge in [-0.25, -0.2) is 0 Å². The molecule has 1 aliphatic carbocycles. The van der Waals surface area contributed by atoms with E-state index in [2.05, 4.69) is 62.5 Å². The zero-order valence-electron chi connectivity index (χ0n) is 14.4. The molecule has 3 atom stereocenters. The van der Waals surface area contributed by atoms with Gasteiger partial charge in [0.15, 0.2) is 0 Å². The highest BCUT2D eigenvalue weighted by atomic mass is 32.1. The van der Waals surface area contributed by atoms with Gasteiger partial charge < -0.3 is 10.2 Å². The monoisotopic (exact) mass is 308 g/mol. The molecule has 1 fully saturated rings. The van der Waals surface area contributed by atoms with E-state index in [4.69, 9.17) is 0 Å². The van der Waals surface area contributed by atoms with Gasteiger partial charge >= 0.3 is 0 Å². The van der Waals surface area contributed by atoms with Gasteiger partial charge in [0.05, 0.1) is 0 Å². The van der Waals surface area contributed by atoms with Gasteiger partial charge in [-0.05, 0) is 62.6 Å². The Morgan fingerprint density at radius 1 is 1.48 bits per heavy atom. The van der Waals surface area contributed by atoms with Gasteiger partial charge in [0.1, 0.15) is 0 Å². The van der Waals surface area contributed by atoms with Crippen molar-refractivity contribution in [2.24, 2.45) is 11.3 Å². The third kappa shape index (κ3) is 4.30. The van der Waals surface area contributed by atoms with Crippen LogP contribution in [0.5, 0.6) is 0 Å². The highest BCUT2D eigenvalue weighted by Crippen LogP contribution is 2.41. The highest BCUT2D eigenvalue weighted by molar-refractivity contribution is 7.09. The fourth-order valence-corrected chi connectivity index (χ4v) is 4.63. The number of likely N-dealkylation sites (N-methyl/N-ethyl adjacent to an activating group) is 1. The van der Waals surface area contributed by atoms with E-state index < -0.39 is 0 Å². The lowest BCUT2D eigenvalue weighted by atomic mass is 9.84. The molecule has 1 aliphatic rings.